The maximum absolute atomic E-state index is 12.4. The van der Waals surface area contributed by atoms with Crippen molar-refractivity contribution in [2.24, 2.45) is 0 Å². The molecule has 0 spiro atoms. The minimum absolute atomic E-state index is 0.196. The summed E-state index contributed by atoms with van der Waals surface area (Å²) in [6.45, 7) is -0.353. The SMILES string of the molecule is COc1cc(C(=O)OCC2OC(OC)[C@H](O)C(O)[C@@H]2O)ccc1Oc1ccccc1. The van der Waals surface area contributed by atoms with Crippen LogP contribution < -0.4 is 9.47 Å². The van der Waals surface area contributed by atoms with Crippen molar-refractivity contribution in [2.45, 2.75) is 30.7 Å². The molecule has 3 unspecified atom stereocenters. The summed E-state index contributed by atoms with van der Waals surface area (Å²) >= 11 is 0. The average Bonchev–Trinajstić information content (AvgIpc) is 2.77. The molecule has 1 saturated heterocycles. The van der Waals surface area contributed by atoms with Gasteiger partial charge in [-0.2, -0.15) is 0 Å². The molecule has 2 aromatic carbocycles. The van der Waals surface area contributed by atoms with Gasteiger partial charge in [-0.05, 0) is 30.3 Å². The zero-order valence-electron chi connectivity index (χ0n) is 16.5. The molecule has 0 aliphatic carbocycles. The molecule has 1 aliphatic heterocycles. The Balaban J connectivity index is 1.65. The van der Waals surface area contributed by atoms with Gasteiger partial charge in [-0.1, -0.05) is 18.2 Å². The number of ether oxygens (including phenoxy) is 5. The third-order valence-corrected chi connectivity index (χ3v) is 4.65. The average molecular weight is 420 g/mol. The summed E-state index contributed by atoms with van der Waals surface area (Å²) < 4.78 is 26.5. The fourth-order valence-corrected chi connectivity index (χ4v) is 2.98. The van der Waals surface area contributed by atoms with Crippen LogP contribution in [0.25, 0.3) is 0 Å². The summed E-state index contributed by atoms with van der Waals surface area (Å²) in [5.74, 6) is 0.680. The zero-order chi connectivity index (χ0) is 21.7. The van der Waals surface area contributed by atoms with E-state index in [0.29, 0.717) is 17.2 Å². The van der Waals surface area contributed by atoms with E-state index in [9.17, 15) is 20.1 Å². The quantitative estimate of drug-likeness (QED) is 0.565. The molecule has 9 nitrogen and oxygen atoms in total. The van der Waals surface area contributed by atoms with Crippen molar-refractivity contribution in [1.29, 1.82) is 0 Å². The van der Waals surface area contributed by atoms with Crippen LogP contribution in [0.15, 0.2) is 48.5 Å². The Hall–Kier alpha value is -2.69. The predicted octanol–water partition coefficient (Wildman–Crippen LogP) is 1.10. The van der Waals surface area contributed by atoms with Gasteiger partial charge in [-0.25, -0.2) is 4.79 Å². The molecule has 3 N–H and O–H groups in total. The highest BCUT2D eigenvalue weighted by Crippen LogP contribution is 2.32. The molecule has 1 fully saturated rings. The van der Waals surface area contributed by atoms with Crippen LogP contribution in [0.3, 0.4) is 0 Å². The minimum Gasteiger partial charge on any atom is -0.493 e. The van der Waals surface area contributed by atoms with E-state index in [1.54, 1.807) is 18.2 Å². The number of esters is 1. The molecule has 0 amide bonds. The van der Waals surface area contributed by atoms with Crippen molar-refractivity contribution in [3.8, 4) is 17.2 Å². The van der Waals surface area contributed by atoms with Gasteiger partial charge < -0.3 is 39.0 Å². The minimum atomic E-state index is -1.50. The summed E-state index contributed by atoms with van der Waals surface area (Å²) in [7, 11) is 2.73. The summed E-state index contributed by atoms with van der Waals surface area (Å²) in [5.41, 5.74) is 0.196. The van der Waals surface area contributed by atoms with Crippen molar-refractivity contribution < 1.29 is 43.8 Å². The van der Waals surface area contributed by atoms with Gasteiger partial charge in [-0.15, -0.1) is 0 Å². The first-order chi connectivity index (χ1) is 14.4. The number of aliphatic hydroxyl groups excluding tert-OH is 3. The van der Waals surface area contributed by atoms with Gasteiger partial charge in [0.2, 0.25) is 0 Å². The molecule has 1 heterocycles. The largest absolute Gasteiger partial charge is 0.493 e. The molecule has 30 heavy (non-hydrogen) atoms. The second kappa shape index (κ2) is 9.88. The van der Waals surface area contributed by atoms with Gasteiger partial charge in [-0.3, -0.25) is 0 Å². The van der Waals surface area contributed by atoms with E-state index in [-0.39, 0.29) is 12.2 Å². The lowest BCUT2D eigenvalue weighted by molar-refractivity contribution is -0.294. The number of hydrogen-bond donors (Lipinski definition) is 3. The van der Waals surface area contributed by atoms with Gasteiger partial charge in [0.25, 0.3) is 0 Å². The third kappa shape index (κ3) is 4.89. The summed E-state index contributed by atoms with van der Waals surface area (Å²) in [4.78, 5) is 12.4. The second-order valence-electron chi connectivity index (χ2n) is 6.63. The van der Waals surface area contributed by atoms with E-state index in [4.69, 9.17) is 23.7 Å². The topological polar surface area (TPSA) is 124 Å². The van der Waals surface area contributed by atoms with E-state index in [0.717, 1.165) is 0 Å². The summed E-state index contributed by atoms with van der Waals surface area (Å²) in [6.07, 6.45) is -6.59. The lowest BCUT2D eigenvalue weighted by atomic mass is 9.99. The number of benzene rings is 2. The molecule has 0 saturated carbocycles. The first-order valence-corrected chi connectivity index (χ1v) is 9.25. The molecular weight excluding hydrogens is 396 g/mol. The lowest BCUT2D eigenvalue weighted by Crippen LogP contribution is -2.59. The Labute approximate surface area is 173 Å². The first-order valence-electron chi connectivity index (χ1n) is 9.25. The van der Waals surface area contributed by atoms with E-state index < -0.39 is 36.7 Å². The van der Waals surface area contributed by atoms with Crippen molar-refractivity contribution in [2.75, 3.05) is 20.8 Å². The Morgan fingerprint density at radius 3 is 2.37 bits per heavy atom. The summed E-state index contributed by atoms with van der Waals surface area (Å²) in [6, 6.07) is 13.7. The molecule has 0 bridgehead atoms. The van der Waals surface area contributed by atoms with Gasteiger partial charge in [0.1, 0.15) is 36.8 Å². The van der Waals surface area contributed by atoms with E-state index in [1.807, 2.05) is 18.2 Å². The van der Waals surface area contributed by atoms with E-state index >= 15 is 0 Å². The van der Waals surface area contributed by atoms with Gasteiger partial charge in [0, 0.05) is 7.11 Å². The van der Waals surface area contributed by atoms with Crippen LogP contribution in [-0.4, -0.2) is 72.8 Å². The van der Waals surface area contributed by atoms with Crippen LogP contribution in [0, 0.1) is 0 Å². The van der Waals surface area contributed by atoms with Crippen LogP contribution in [-0.2, 0) is 14.2 Å². The number of rotatable bonds is 7. The third-order valence-electron chi connectivity index (χ3n) is 4.65. The molecule has 0 aromatic heterocycles. The Morgan fingerprint density at radius 2 is 1.70 bits per heavy atom. The molecule has 5 atom stereocenters. The summed E-state index contributed by atoms with van der Waals surface area (Å²) in [5, 5.41) is 29.7. The normalized spacial score (nSPS) is 26.1. The van der Waals surface area contributed by atoms with Crippen molar-refractivity contribution >= 4 is 5.97 Å². The maximum Gasteiger partial charge on any atom is 0.338 e. The van der Waals surface area contributed by atoms with Crippen LogP contribution >= 0.6 is 0 Å². The molecular formula is C21H24O9. The van der Waals surface area contributed by atoms with Crippen LogP contribution in [0.1, 0.15) is 10.4 Å². The second-order valence-corrected chi connectivity index (χ2v) is 6.63. The van der Waals surface area contributed by atoms with Crippen LogP contribution in [0.2, 0.25) is 0 Å². The Kier molecular flexibility index (Phi) is 7.24. The Morgan fingerprint density at radius 1 is 0.967 bits per heavy atom. The standard InChI is InChI=1S/C21H24O9/c1-26-15-10-12(8-9-14(15)29-13-6-4-3-5-7-13)20(25)28-11-16-17(22)18(23)19(24)21(27-2)30-16/h3-10,16-19,21-24H,11H2,1-2H3/t16?,17-,18?,19-,21?/m1/s1. The zero-order valence-corrected chi connectivity index (χ0v) is 16.5. The number of carbonyl (C=O) groups excluding carboxylic acids is 1. The van der Waals surface area contributed by atoms with Gasteiger partial charge in [0.05, 0.1) is 12.7 Å². The monoisotopic (exact) mass is 420 g/mol. The first kappa shape index (κ1) is 22.0. The van der Waals surface area contributed by atoms with Crippen molar-refractivity contribution in [3.05, 3.63) is 54.1 Å². The van der Waals surface area contributed by atoms with Crippen LogP contribution in [0.4, 0.5) is 0 Å². The highest BCUT2D eigenvalue weighted by atomic mass is 16.7. The smallest absolute Gasteiger partial charge is 0.338 e. The highest BCUT2D eigenvalue weighted by molar-refractivity contribution is 5.90. The number of carbonyl (C=O) groups is 1. The number of hydrogen-bond acceptors (Lipinski definition) is 9. The molecule has 9 heteroatoms. The number of para-hydroxylation sites is 1. The number of aliphatic hydroxyl groups is 3. The molecule has 3 rings (SSSR count). The number of methoxy groups -OCH3 is 2. The fraction of sp³-hybridized carbons (Fsp3) is 0.381. The molecule has 162 valence electrons. The predicted molar refractivity (Wildman–Crippen MR) is 103 cm³/mol. The van der Waals surface area contributed by atoms with Gasteiger partial charge in [0.15, 0.2) is 17.8 Å². The van der Waals surface area contributed by atoms with Crippen molar-refractivity contribution in [1.82, 2.24) is 0 Å². The maximum atomic E-state index is 12.4. The van der Waals surface area contributed by atoms with Crippen molar-refractivity contribution in [3.63, 3.8) is 0 Å². The fourth-order valence-electron chi connectivity index (χ4n) is 2.98. The van der Waals surface area contributed by atoms with Gasteiger partial charge >= 0.3 is 5.97 Å². The highest BCUT2D eigenvalue weighted by Gasteiger charge is 2.44. The molecule has 2 aromatic rings. The lowest BCUT2D eigenvalue weighted by Gasteiger charge is -2.39. The van der Waals surface area contributed by atoms with E-state index in [2.05, 4.69) is 0 Å². The van der Waals surface area contributed by atoms with Crippen LogP contribution in [0.5, 0.6) is 17.2 Å². The molecule has 1 aliphatic rings. The molecule has 0 radical (unpaired) electrons. The Bertz CT molecular complexity index is 840. The van der Waals surface area contributed by atoms with E-state index in [1.165, 1.54) is 26.4 Å².